The van der Waals surface area contributed by atoms with Gasteiger partial charge < -0.3 is 5.11 Å². The summed E-state index contributed by atoms with van der Waals surface area (Å²) < 4.78 is 0. The van der Waals surface area contributed by atoms with Gasteiger partial charge in [-0.15, -0.1) is 12.4 Å². The summed E-state index contributed by atoms with van der Waals surface area (Å²) in [5, 5.41) is 10.9. The van der Waals surface area contributed by atoms with Gasteiger partial charge in [0, 0.05) is 6.42 Å². The number of hydrogen-bond acceptors (Lipinski definition) is 3. The van der Waals surface area contributed by atoms with Crippen LogP contribution in [0.3, 0.4) is 0 Å². The monoisotopic (exact) mass is 165 g/mol. The van der Waals surface area contributed by atoms with Gasteiger partial charge in [0.25, 0.3) is 0 Å². The highest BCUT2D eigenvalue weighted by atomic mass is 35.5. The summed E-state index contributed by atoms with van der Waals surface area (Å²) in [7, 11) is 0. The van der Waals surface area contributed by atoms with Crippen molar-refractivity contribution in [1.82, 2.24) is 5.32 Å². The van der Waals surface area contributed by atoms with Crippen molar-refractivity contribution < 1.29 is 14.7 Å². The van der Waals surface area contributed by atoms with Crippen molar-refractivity contribution in [3.8, 4) is 0 Å². The fourth-order valence-electron chi connectivity index (χ4n) is 0.784. The lowest BCUT2D eigenvalue weighted by atomic mass is 10.2. The van der Waals surface area contributed by atoms with E-state index >= 15 is 0 Å². The summed E-state index contributed by atoms with van der Waals surface area (Å²) >= 11 is 0. The van der Waals surface area contributed by atoms with Crippen LogP contribution in [0.5, 0.6) is 0 Å². The molecule has 5 heteroatoms. The van der Waals surface area contributed by atoms with Crippen molar-refractivity contribution >= 4 is 24.2 Å². The first kappa shape index (κ1) is 9.39. The number of carboxylic acid groups (broad SMARTS) is 1. The number of halogens is 1. The summed E-state index contributed by atoms with van der Waals surface area (Å²) in [5.74, 6) is -0.969. The predicted molar refractivity (Wildman–Crippen MR) is 36.3 cm³/mol. The van der Waals surface area contributed by atoms with Crippen LogP contribution in [0.25, 0.3) is 0 Å². The van der Waals surface area contributed by atoms with Crippen LogP contribution in [0.2, 0.25) is 0 Å². The number of carbonyl (C=O) groups excluding carboxylic acids is 1. The molecule has 0 unspecified atom stereocenters. The van der Waals surface area contributed by atoms with Gasteiger partial charge >= 0.3 is 5.97 Å². The quantitative estimate of drug-likeness (QED) is 0.546. The Labute approximate surface area is 64.0 Å². The summed E-state index contributed by atoms with van der Waals surface area (Å²) in [6.45, 7) is 0.205. The number of nitrogens with one attached hydrogen (secondary N) is 1. The van der Waals surface area contributed by atoms with Crippen molar-refractivity contribution in [3.63, 3.8) is 0 Å². The molecule has 1 rings (SSSR count). The van der Waals surface area contributed by atoms with E-state index in [9.17, 15) is 9.59 Å². The molecule has 0 amide bonds. The molecule has 1 atom stereocenters. The number of rotatable bonds is 1. The van der Waals surface area contributed by atoms with Gasteiger partial charge in [0.05, 0.1) is 6.54 Å². The second-order valence-electron chi connectivity index (χ2n) is 2.01. The lowest BCUT2D eigenvalue weighted by Gasteiger charge is -1.98. The topological polar surface area (TPSA) is 66.4 Å². The third-order valence-electron chi connectivity index (χ3n) is 1.28. The molecule has 4 nitrogen and oxygen atoms in total. The van der Waals surface area contributed by atoms with Crippen molar-refractivity contribution in [2.75, 3.05) is 6.54 Å². The Hall–Kier alpha value is -0.610. The molecule has 1 saturated heterocycles. The number of carboxylic acids is 1. The van der Waals surface area contributed by atoms with Crippen LogP contribution in [0, 0.1) is 0 Å². The lowest BCUT2D eigenvalue weighted by molar-refractivity contribution is -0.139. The highest BCUT2D eigenvalue weighted by Gasteiger charge is 2.26. The van der Waals surface area contributed by atoms with Gasteiger partial charge in [-0.2, -0.15) is 0 Å². The first-order chi connectivity index (χ1) is 4.20. The number of Topliss-reactive ketones (excluding diaryl/α,β-unsaturated/α-hetero) is 1. The van der Waals surface area contributed by atoms with E-state index in [1.807, 2.05) is 0 Å². The fourth-order valence-corrected chi connectivity index (χ4v) is 0.784. The Bertz CT molecular complexity index is 159. The van der Waals surface area contributed by atoms with Crippen LogP contribution >= 0.6 is 12.4 Å². The zero-order chi connectivity index (χ0) is 6.85. The average Bonchev–Trinajstić information content (AvgIpc) is 2.14. The first-order valence-electron chi connectivity index (χ1n) is 2.68. The molecule has 0 aromatic rings. The van der Waals surface area contributed by atoms with Crippen molar-refractivity contribution in [3.05, 3.63) is 0 Å². The SMILES string of the molecule is Cl.O=C1CN[C@@H](C(=O)O)C1. The van der Waals surface area contributed by atoms with Gasteiger partial charge in [-0.25, -0.2) is 0 Å². The minimum atomic E-state index is -0.944. The van der Waals surface area contributed by atoms with Gasteiger partial charge in [0.1, 0.15) is 11.8 Å². The Kier molecular flexibility index (Phi) is 3.32. The Morgan fingerprint density at radius 2 is 2.30 bits per heavy atom. The van der Waals surface area contributed by atoms with E-state index in [-0.39, 0.29) is 31.2 Å². The molecular weight excluding hydrogens is 158 g/mol. The third kappa shape index (κ3) is 1.97. The minimum absolute atomic E-state index is 0. The Balaban J connectivity index is 0.000000810. The largest absolute Gasteiger partial charge is 0.480 e. The molecule has 0 aromatic carbocycles. The normalized spacial score (nSPS) is 24.0. The van der Waals surface area contributed by atoms with Crippen LogP contribution in [0.1, 0.15) is 6.42 Å². The average molecular weight is 166 g/mol. The molecule has 0 saturated carbocycles. The van der Waals surface area contributed by atoms with E-state index in [2.05, 4.69) is 5.32 Å². The number of aliphatic carboxylic acids is 1. The van der Waals surface area contributed by atoms with Gasteiger partial charge in [0.15, 0.2) is 0 Å². The second kappa shape index (κ2) is 3.53. The van der Waals surface area contributed by atoms with Gasteiger partial charge in [-0.05, 0) is 0 Å². The van der Waals surface area contributed by atoms with E-state index in [1.165, 1.54) is 0 Å². The van der Waals surface area contributed by atoms with Gasteiger partial charge in [-0.1, -0.05) is 0 Å². The summed E-state index contributed by atoms with van der Waals surface area (Å²) in [4.78, 5) is 20.6. The summed E-state index contributed by atoms with van der Waals surface area (Å²) in [6, 6.07) is -0.641. The number of carbonyl (C=O) groups is 2. The smallest absolute Gasteiger partial charge is 0.321 e. The Morgan fingerprint density at radius 3 is 2.50 bits per heavy atom. The Morgan fingerprint density at radius 1 is 1.70 bits per heavy atom. The van der Waals surface area contributed by atoms with Crippen LogP contribution < -0.4 is 5.32 Å². The first-order valence-corrected chi connectivity index (χ1v) is 2.68. The highest BCUT2D eigenvalue weighted by molar-refractivity contribution is 5.90. The van der Waals surface area contributed by atoms with Crippen LogP contribution in [0.4, 0.5) is 0 Å². The zero-order valence-electron chi connectivity index (χ0n) is 5.16. The molecule has 58 valence electrons. The van der Waals surface area contributed by atoms with E-state index in [1.54, 1.807) is 0 Å². The molecule has 0 radical (unpaired) electrons. The maximum atomic E-state index is 10.4. The summed E-state index contributed by atoms with van der Waals surface area (Å²) in [6.07, 6.45) is 0.134. The molecular formula is C5H8ClNO3. The molecule has 1 aliphatic rings. The van der Waals surface area contributed by atoms with Gasteiger partial charge in [-0.3, -0.25) is 14.9 Å². The lowest BCUT2D eigenvalue weighted by Crippen LogP contribution is -2.29. The highest BCUT2D eigenvalue weighted by Crippen LogP contribution is 2.00. The van der Waals surface area contributed by atoms with Gasteiger partial charge in [0.2, 0.25) is 0 Å². The molecule has 2 N–H and O–H groups in total. The predicted octanol–water partition coefficient (Wildman–Crippen LogP) is -0.576. The van der Waals surface area contributed by atoms with Crippen LogP contribution in [-0.4, -0.2) is 29.4 Å². The standard InChI is InChI=1S/C5H7NO3.ClH/c7-3-1-4(5(8)9)6-2-3;/h4,6H,1-2H2,(H,8,9);1H/t4-;/m1./s1. The molecule has 1 fully saturated rings. The second-order valence-corrected chi connectivity index (χ2v) is 2.01. The number of hydrogen-bond donors (Lipinski definition) is 2. The van der Waals surface area contributed by atoms with Crippen LogP contribution in [-0.2, 0) is 9.59 Å². The molecule has 1 aliphatic heterocycles. The van der Waals surface area contributed by atoms with E-state index in [0.29, 0.717) is 0 Å². The fraction of sp³-hybridized carbons (Fsp3) is 0.600. The third-order valence-corrected chi connectivity index (χ3v) is 1.28. The van der Waals surface area contributed by atoms with Crippen molar-refractivity contribution in [2.45, 2.75) is 12.5 Å². The number of ketones is 1. The van der Waals surface area contributed by atoms with E-state index in [0.717, 1.165) is 0 Å². The molecule has 0 aliphatic carbocycles. The molecule has 0 spiro atoms. The van der Waals surface area contributed by atoms with Crippen LogP contribution in [0.15, 0.2) is 0 Å². The summed E-state index contributed by atoms with van der Waals surface area (Å²) in [5.41, 5.74) is 0. The van der Waals surface area contributed by atoms with E-state index in [4.69, 9.17) is 5.11 Å². The molecule has 0 bridgehead atoms. The maximum Gasteiger partial charge on any atom is 0.321 e. The maximum absolute atomic E-state index is 10.4. The van der Waals surface area contributed by atoms with Crippen molar-refractivity contribution in [1.29, 1.82) is 0 Å². The van der Waals surface area contributed by atoms with E-state index < -0.39 is 12.0 Å². The molecule has 10 heavy (non-hydrogen) atoms. The van der Waals surface area contributed by atoms with Crippen molar-refractivity contribution in [2.24, 2.45) is 0 Å². The molecule has 0 aromatic heterocycles. The molecule has 1 heterocycles. The minimum Gasteiger partial charge on any atom is -0.480 e. The zero-order valence-corrected chi connectivity index (χ0v) is 5.98.